The number of likely N-dealkylation sites (tertiary alicyclic amines) is 1. The minimum absolute atomic E-state index is 0.200. The molecule has 164 valence electrons. The van der Waals surface area contributed by atoms with Crippen molar-refractivity contribution in [3.63, 3.8) is 0 Å². The molecule has 0 spiro atoms. The molecule has 31 heavy (non-hydrogen) atoms. The zero-order valence-electron chi connectivity index (χ0n) is 17.4. The zero-order chi connectivity index (χ0) is 22.0. The van der Waals surface area contributed by atoms with Crippen LogP contribution < -0.4 is 10.2 Å². The van der Waals surface area contributed by atoms with Gasteiger partial charge in [0.25, 0.3) is 0 Å². The molecule has 2 aromatic carbocycles. The first-order valence-electron chi connectivity index (χ1n) is 10.4. The van der Waals surface area contributed by atoms with Gasteiger partial charge in [0.05, 0.1) is 24.9 Å². The fraction of sp³-hybridized carbons (Fsp3) is 0.391. The van der Waals surface area contributed by atoms with Crippen LogP contribution in [0.25, 0.3) is 11.1 Å². The number of benzene rings is 2. The Morgan fingerprint density at radius 1 is 1.23 bits per heavy atom. The molecule has 2 atom stereocenters. The van der Waals surface area contributed by atoms with Crippen molar-refractivity contribution in [2.24, 2.45) is 0 Å². The number of aliphatic hydroxyl groups excluding tert-OH is 1. The van der Waals surface area contributed by atoms with Crippen LogP contribution in [0.2, 0.25) is 0 Å². The highest BCUT2D eigenvalue weighted by Crippen LogP contribution is 2.29. The summed E-state index contributed by atoms with van der Waals surface area (Å²) < 4.78 is 20.1. The fourth-order valence-electron chi connectivity index (χ4n) is 4.01. The van der Waals surface area contributed by atoms with E-state index in [1.807, 2.05) is 24.3 Å². The first-order valence-corrected chi connectivity index (χ1v) is 10.4. The average molecular weight is 427 g/mol. The fourth-order valence-corrected chi connectivity index (χ4v) is 4.01. The van der Waals surface area contributed by atoms with Gasteiger partial charge in [0.1, 0.15) is 11.9 Å². The number of amides is 2. The number of halogens is 1. The lowest BCUT2D eigenvalue weighted by molar-refractivity contribution is -0.119. The summed E-state index contributed by atoms with van der Waals surface area (Å²) >= 11 is 0. The van der Waals surface area contributed by atoms with Gasteiger partial charge in [-0.3, -0.25) is 14.6 Å². The van der Waals surface area contributed by atoms with Crippen molar-refractivity contribution in [3.05, 3.63) is 53.8 Å². The van der Waals surface area contributed by atoms with Crippen LogP contribution in [0.1, 0.15) is 18.9 Å². The summed E-state index contributed by atoms with van der Waals surface area (Å²) in [6.45, 7) is 4.19. The number of aliphatic hydroxyl groups is 1. The average Bonchev–Trinajstić information content (AvgIpc) is 3.32. The molecule has 4 rings (SSSR count). The second kappa shape index (κ2) is 9.03. The van der Waals surface area contributed by atoms with E-state index in [4.69, 9.17) is 4.74 Å². The second-order valence-corrected chi connectivity index (χ2v) is 8.09. The van der Waals surface area contributed by atoms with Gasteiger partial charge >= 0.3 is 6.09 Å². The number of nitrogens with zero attached hydrogens (tertiary/aromatic N) is 2. The van der Waals surface area contributed by atoms with Crippen LogP contribution in [0, 0.1) is 5.82 Å². The number of carbonyl (C=O) groups excluding carboxylic acids is 2. The van der Waals surface area contributed by atoms with Crippen molar-refractivity contribution in [2.45, 2.75) is 32.1 Å². The van der Waals surface area contributed by atoms with E-state index in [1.165, 1.54) is 17.9 Å². The SMILES string of the molecule is CC(=O)NCC1CN(c2ccc(-c3ccc(CN4CCC(O)C4)cc3)c(F)c2)C(=O)O1. The summed E-state index contributed by atoms with van der Waals surface area (Å²) in [5.74, 6) is -0.625. The summed E-state index contributed by atoms with van der Waals surface area (Å²) in [6, 6.07) is 12.4. The molecule has 7 nitrogen and oxygen atoms in total. The van der Waals surface area contributed by atoms with Crippen LogP contribution in [-0.4, -0.2) is 60.4 Å². The molecule has 0 aliphatic carbocycles. The van der Waals surface area contributed by atoms with Crippen LogP contribution in [0.3, 0.4) is 0 Å². The summed E-state index contributed by atoms with van der Waals surface area (Å²) in [5, 5.41) is 12.3. The van der Waals surface area contributed by atoms with Gasteiger partial charge < -0.3 is 15.2 Å². The van der Waals surface area contributed by atoms with E-state index >= 15 is 0 Å². The molecule has 2 saturated heterocycles. The highest BCUT2D eigenvalue weighted by molar-refractivity contribution is 5.90. The van der Waals surface area contributed by atoms with Crippen LogP contribution >= 0.6 is 0 Å². The normalized spacial score (nSPS) is 21.4. The highest BCUT2D eigenvalue weighted by atomic mass is 19.1. The number of rotatable bonds is 6. The van der Waals surface area contributed by atoms with E-state index in [0.29, 0.717) is 17.8 Å². The first-order chi connectivity index (χ1) is 14.9. The van der Waals surface area contributed by atoms with Crippen molar-refractivity contribution < 1.29 is 23.8 Å². The van der Waals surface area contributed by atoms with Gasteiger partial charge in [-0.25, -0.2) is 9.18 Å². The molecule has 2 fully saturated rings. The number of cyclic esters (lactones) is 1. The van der Waals surface area contributed by atoms with Crippen LogP contribution in [0.4, 0.5) is 14.9 Å². The van der Waals surface area contributed by atoms with Gasteiger partial charge in [0.15, 0.2) is 0 Å². The van der Waals surface area contributed by atoms with Crippen molar-refractivity contribution in [3.8, 4) is 11.1 Å². The molecule has 0 saturated carbocycles. The molecule has 0 bridgehead atoms. The molecule has 0 aromatic heterocycles. The van der Waals surface area contributed by atoms with Crippen LogP contribution in [0.15, 0.2) is 42.5 Å². The van der Waals surface area contributed by atoms with Crippen LogP contribution in [-0.2, 0) is 16.1 Å². The standard InChI is InChI=1S/C23H26FN3O4/c1-15(28)25-11-20-14-27(23(30)31-20)18-6-7-21(22(24)10-18)17-4-2-16(3-5-17)12-26-9-8-19(29)13-26/h2-7,10,19-20,29H,8-9,11-14H2,1H3,(H,25,28). The van der Waals surface area contributed by atoms with Gasteiger partial charge in [-0.05, 0) is 35.7 Å². The minimum Gasteiger partial charge on any atom is -0.442 e. The van der Waals surface area contributed by atoms with Crippen molar-refractivity contribution in [1.29, 1.82) is 0 Å². The smallest absolute Gasteiger partial charge is 0.414 e. The monoisotopic (exact) mass is 427 g/mol. The molecule has 0 radical (unpaired) electrons. The van der Waals surface area contributed by atoms with E-state index < -0.39 is 18.0 Å². The zero-order valence-corrected chi connectivity index (χ0v) is 17.4. The minimum atomic E-state index is -0.557. The topological polar surface area (TPSA) is 82.1 Å². The van der Waals surface area contributed by atoms with Gasteiger partial charge in [-0.1, -0.05) is 24.3 Å². The molecule has 8 heteroatoms. The maximum atomic E-state index is 14.9. The number of β-amino-alcohol motifs (C(OH)–C–C–N with tert-alkyl or cyclic N) is 1. The third kappa shape index (κ3) is 5.03. The van der Waals surface area contributed by atoms with E-state index in [-0.39, 0.29) is 25.1 Å². The Balaban J connectivity index is 1.43. The number of hydrogen-bond donors (Lipinski definition) is 2. The molecule has 2 aliphatic heterocycles. The molecular formula is C23H26FN3O4. The molecule has 2 unspecified atom stereocenters. The largest absolute Gasteiger partial charge is 0.442 e. The van der Waals surface area contributed by atoms with E-state index in [0.717, 1.165) is 30.6 Å². The van der Waals surface area contributed by atoms with Crippen molar-refractivity contribution in [2.75, 3.05) is 31.1 Å². The predicted molar refractivity (Wildman–Crippen MR) is 114 cm³/mol. The van der Waals surface area contributed by atoms with Crippen molar-refractivity contribution in [1.82, 2.24) is 10.2 Å². The molecule has 2 N–H and O–H groups in total. The molecule has 2 amide bonds. The molecule has 2 aliphatic rings. The van der Waals surface area contributed by atoms with E-state index in [2.05, 4.69) is 10.2 Å². The Morgan fingerprint density at radius 2 is 2.00 bits per heavy atom. The predicted octanol–water partition coefficient (Wildman–Crippen LogP) is 2.52. The van der Waals surface area contributed by atoms with E-state index in [1.54, 1.807) is 12.1 Å². The van der Waals surface area contributed by atoms with Crippen LogP contribution in [0.5, 0.6) is 0 Å². The number of hydrogen-bond acceptors (Lipinski definition) is 5. The summed E-state index contributed by atoms with van der Waals surface area (Å²) in [6.07, 6.45) is -0.475. The number of ether oxygens (including phenoxy) is 1. The maximum absolute atomic E-state index is 14.9. The molecule has 2 heterocycles. The molecular weight excluding hydrogens is 401 g/mol. The summed E-state index contributed by atoms with van der Waals surface area (Å²) in [4.78, 5) is 26.8. The third-order valence-corrected chi connectivity index (χ3v) is 5.64. The van der Waals surface area contributed by atoms with Gasteiger partial charge in [0.2, 0.25) is 5.91 Å². The summed E-state index contributed by atoms with van der Waals surface area (Å²) in [5.41, 5.74) is 2.73. The first kappa shape index (κ1) is 21.3. The Bertz CT molecular complexity index is 966. The lowest BCUT2D eigenvalue weighted by Gasteiger charge is -2.16. The van der Waals surface area contributed by atoms with Gasteiger partial charge in [0, 0.05) is 32.1 Å². The molecule has 2 aromatic rings. The number of carbonyl (C=O) groups is 2. The third-order valence-electron chi connectivity index (χ3n) is 5.64. The number of anilines is 1. The lowest BCUT2D eigenvalue weighted by atomic mass is 10.0. The Labute approximate surface area is 180 Å². The van der Waals surface area contributed by atoms with Crippen molar-refractivity contribution >= 4 is 17.7 Å². The number of nitrogens with one attached hydrogen (secondary N) is 1. The highest BCUT2D eigenvalue weighted by Gasteiger charge is 2.32. The second-order valence-electron chi connectivity index (χ2n) is 8.09. The Kier molecular flexibility index (Phi) is 6.20. The van der Waals surface area contributed by atoms with E-state index in [9.17, 15) is 19.1 Å². The quantitative estimate of drug-likeness (QED) is 0.741. The van der Waals surface area contributed by atoms with Gasteiger partial charge in [-0.2, -0.15) is 0 Å². The van der Waals surface area contributed by atoms with Gasteiger partial charge in [-0.15, -0.1) is 0 Å². The maximum Gasteiger partial charge on any atom is 0.414 e. The Hall–Kier alpha value is -2.97. The lowest BCUT2D eigenvalue weighted by Crippen LogP contribution is -2.33. The Morgan fingerprint density at radius 3 is 2.65 bits per heavy atom. The summed E-state index contributed by atoms with van der Waals surface area (Å²) in [7, 11) is 0.